The molecule has 1 aliphatic carbocycles. The van der Waals surface area contributed by atoms with Crippen molar-refractivity contribution in [2.75, 3.05) is 24.8 Å². The first-order chi connectivity index (χ1) is 9.52. The van der Waals surface area contributed by atoms with Crippen LogP contribution < -0.4 is 10.6 Å². The molecule has 2 N–H and O–H groups in total. The van der Waals surface area contributed by atoms with Gasteiger partial charge in [0.15, 0.2) is 0 Å². The van der Waals surface area contributed by atoms with Gasteiger partial charge in [-0.15, -0.1) is 0 Å². The number of carbonyl (C=O) groups is 1. The summed E-state index contributed by atoms with van der Waals surface area (Å²) in [6, 6.07) is 2.06. The second-order valence-corrected chi connectivity index (χ2v) is 5.66. The number of ether oxygens (including phenoxy) is 1. The van der Waals surface area contributed by atoms with Crippen LogP contribution in [0.25, 0.3) is 0 Å². The summed E-state index contributed by atoms with van der Waals surface area (Å²) >= 11 is 0. The molecule has 110 valence electrons. The lowest BCUT2D eigenvalue weighted by atomic mass is 9.86. The van der Waals surface area contributed by atoms with Crippen LogP contribution in [0.3, 0.4) is 0 Å². The van der Waals surface area contributed by atoms with E-state index in [1.807, 2.05) is 7.05 Å². The average molecular weight is 277 g/mol. The third-order valence-electron chi connectivity index (χ3n) is 4.16. The van der Waals surface area contributed by atoms with Crippen LogP contribution in [0.1, 0.15) is 43.0 Å². The molecule has 1 fully saturated rings. The van der Waals surface area contributed by atoms with Gasteiger partial charge >= 0.3 is 5.97 Å². The van der Waals surface area contributed by atoms with E-state index in [0.717, 1.165) is 18.8 Å². The zero-order chi connectivity index (χ0) is 14.7. The van der Waals surface area contributed by atoms with E-state index in [1.165, 1.54) is 20.0 Å². The first-order valence-electron chi connectivity index (χ1n) is 7.09. The highest BCUT2D eigenvalue weighted by Crippen LogP contribution is 2.30. The van der Waals surface area contributed by atoms with E-state index in [-0.39, 0.29) is 0 Å². The van der Waals surface area contributed by atoms with Crippen molar-refractivity contribution in [1.29, 1.82) is 0 Å². The van der Waals surface area contributed by atoms with Gasteiger partial charge < -0.3 is 15.4 Å². The minimum absolute atomic E-state index is 0.393. The van der Waals surface area contributed by atoms with E-state index in [1.54, 1.807) is 12.3 Å². The number of rotatable bonds is 3. The zero-order valence-electron chi connectivity index (χ0n) is 12.4. The molecule has 0 radical (unpaired) electrons. The fourth-order valence-electron chi connectivity index (χ4n) is 2.82. The first kappa shape index (κ1) is 14.6. The summed E-state index contributed by atoms with van der Waals surface area (Å²) in [5.41, 5.74) is 6.64. The Bertz CT molecular complexity index is 482. The van der Waals surface area contributed by atoms with Crippen molar-refractivity contribution in [3.05, 3.63) is 17.8 Å². The van der Waals surface area contributed by atoms with Gasteiger partial charge in [0, 0.05) is 13.1 Å². The van der Waals surface area contributed by atoms with Crippen molar-refractivity contribution in [2.45, 2.75) is 38.6 Å². The van der Waals surface area contributed by atoms with Gasteiger partial charge in [-0.3, -0.25) is 0 Å². The van der Waals surface area contributed by atoms with E-state index in [2.05, 4.69) is 16.8 Å². The van der Waals surface area contributed by atoms with E-state index in [9.17, 15) is 4.79 Å². The number of nitrogens with two attached hydrogens (primary N) is 1. The Hall–Kier alpha value is -1.78. The highest BCUT2D eigenvalue weighted by molar-refractivity contribution is 5.95. The third kappa shape index (κ3) is 3.03. The largest absolute Gasteiger partial charge is 0.465 e. The SMILES string of the molecule is COC(=O)c1cc(N)cnc1N(C)C1CCC(C)CC1. The van der Waals surface area contributed by atoms with Crippen molar-refractivity contribution in [3.63, 3.8) is 0 Å². The summed E-state index contributed by atoms with van der Waals surface area (Å²) in [7, 11) is 3.36. The van der Waals surface area contributed by atoms with E-state index >= 15 is 0 Å². The number of esters is 1. The average Bonchev–Trinajstić information content (AvgIpc) is 2.46. The van der Waals surface area contributed by atoms with Crippen LogP contribution in [-0.2, 0) is 4.74 Å². The number of nitrogen functional groups attached to an aromatic ring is 1. The Balaban J connectivity index is 2.25. The van der Waals surface area contributed by atoms with Crippen LogP contribution in [0.4, 0.5) is 11.5 Å². The Morgan fingerprint density at radius 1 is 1.40 bits per heavy atom. The number of pyridine rings is 1. The van der Waals surface area contributed by atoms with Gasteiger partial charge in [-0.2, -0.15) is 0 Å². The summed E-state index contributed by atoms with van der Waals surface area (Å²) in [6.45, 7) is 2.29. The molecule has 0 aromatic carbocycles. The molecule has 0 spiro atoms. The molecular weight excluding hydrogens is 254 g/mol. The molecule has 0 saturated heterocycles. The first-order valence-corrected chi connectivity index (χ1v) is 7.09. The number of methoxy groups -OCH3 is 1. The molecule has 0 unspecified atom stereocenters. The van der Waals surface area contributed by atoms with Gasteiger partial charge in [-0.1, -0.05) is 6.92 Å². The summed E-state index contributed by atoms with van der Waals surface area (Å²) in [4.78, 5) is 18.3. The van der Waals surface area contributed by atoms with Crippen LogP contribution in [0.2, 0.25) is 0 Å². The lowest BCUT2D eigenvalue weighted by molar-refractivity contribution is 0.0601. The quantitative estimate of drug-likeness (QED) is 0.860. The molecule has 1 aliphatic rings. The molecule has 1 aromatic rings. The highest BCUT2D eigenvalue weighted by atomic mass is 16.5. The molecular formula is C15H23N3O2. The maximum atomic E-state index is 11.9. The van der Waals surface area contributed by atoms with Crippen molar-refractivity contribution in [1.82, 2.24) is 4.98 Å². The minimum Gasteiger partial charge on any atom is -0.465 e. The van der Waals surface area contributed by atoms with E-state index in [4.69, 9.17) is 10.5 Å². The second kappa shape index (κ2) is 6.11. The Morgan fingerprint density at radius 2 is 2.05 bits per heavy atom. The normalized spacial score (nSPS) is 22.4. The predicted octanol–water partition coefficient (Wildman–Crippen LogP) is 2.47. The summed E-state index contributed by atoms with van der Waals surface area (Å²) < 4.78 is 4.83. The van der Waals surface area contributed by atoms with Gasteiger partial charge in [0.05, 0.1) is 19.0 Å². The minimum atomic E-state index is -0.393. The molecule has 5 heteroatoms. The van der Waals surface area contributed by atoms with Gasteiger partial charge in [-0.25, -0.2) is 9.78 Å². The van der Waals surface area contributed by atoms with Crippen molar-refractivity contribution >= 4 is 17.5 Å². The van der Waals surface area contributed by atoms with Gasteiger partial charge in [-0.05, 0) is 37.7 Å². The highest BCUT2D eigenvalue weighted by Gasteiger charge is 2.26. The van der Waals surface area contributed by atoms with Crippen LogP contribution in [0.5, 0.6) is 0 Å². The molecule has 0 atom stereocenters. The van der Waals surface area contributed by atoms with E-state index in [0.29, 0.717) is 23.1 Å². The number of hydrogen-bond donors (Lipinski definition) is 1. The fraction of sp³-hybridized carbons (Fsp3) is 0.600. The maximum absolute atomic E-state index is 11.9. The van der Waals surface area contributed by atoms with Crippen LogP contribution in [0, 0.1) is 5.92 Å². The molecule has 0 amide bonds. The summed E-state index contributed by atoms with van der Waals surface area (Å²) in [5.74, 6) is 1.06. The zero-order valence-corrected chi connectivity index (χ0v) is 12.4. The number of anilines is 2. The Kier molecular flexibility index (Phi) is 4.47. The summed E-state index contributed by atoms with van der Waals surface area (Å²) in [6.07, 6.45) is 6.29. The standard InChI is InChI=1S/C15H23N3O2/c1-10-4-6-12(7-5-10)18(2)14-13(15(19)20-3)8-11(16)9-17-14/h8-10,12H,4-7,16H2,1-3H3. The van der Waals surface area contributed by atoms with Crippen LogP contribution >= 0.6 is 0 Å². The predicted molar refractivity (Wildman–Crippen MR) is 79.8 cm³/mol. The van der Waals surface area contributed by atoms with Gasteiger partial charge in [0.2, 0.25) is 0 Å². The lowest BCUT2D eigenvalue weighted by Crippen LogP contribution is -2.36. The topological polar surface area (TPSA) is 68.5 Å². The molecule has 1 aromatic heterocycles. The van der Waals surface area contributed by atoms with Gasteiger partial charge in [0.25, 0.3) is 0 Å². The molecule has 20 heavy (non-hydrogen) atoms. The Morgan fingerprint density at radius 3 is 2.65 bits per heavy atom. The lowest BCUT2D eigenvalue weighted by Gasteiger charge is -2.35. The fourth-order valence-corrected chi connectivity index (χ4v) is 2.82. The monoisotopic (exact) mass is 277 g/mol. The number of carbonyl (C=O) groups excluding carboxylic acids is 1. The number of hydrogen-bond acceptors (Lipinski definition) is 5. The van der Waals surface area contributed by atoms with Crippen molar-refractivity contribution in [3.8, 4) is 0 Å². The second-order valence-electron chi connectivity index (χ2n) is 5.66. The molecule has 1 heterocycles. The van der Waals surface area contributed by atoms with Crippen LogP contribution in [0.15, 0.2) is 12.3 Å². The molecule has 5 nitrogen and oxygen atoms in total. The molecule has 0 bridgehead atoms. The van der Waals surface area contributed by atoms with Crippen LogP contribution in [-0.4, -0.2) is 31.2 Å². The maximum Gasteiger partial charge on any atom is 0.341 e. The smallest absolute Gasteiger partial charge is 0.341 e. The number of aromatic nitrogens is 1. The third-order valence-corrected chi connectivity index (χ3v) is 4.16. The van der Waals surface area contributed by atoms with Gasteiger partial charge in [0.1, 0.15) is 11.4 Å². The molecule has 2 rings (SSSR count). The molecule has 1 saturated carbocycles. The van der Waals surface area contributed by atoms with Crippen molar-refractivity contribution < 1.29 is 9.53 Å². The van der Waals surface area contributed by atoms with E-state index < -0.39 is 5.97 Å². The molecule has 0 aliphatic heterocycles. The Labute approximate surface area is 120 Å². The summed E-state index contributed by atoms with van der Waals surface area (Å²) in [5, 5.41) is 0. The number of nitrogens with zero attached hydrogens (tertiary/aromatic N) is 2. The van der Waals surface area contributed by atoms with Crippen molar-refractivity contribution in [2.24, 2.45) is 5.92 Å².